The van der Waals surface area contributed by atoms with E-state index in [0.29, 0.717) is 6.61 Å². The maximum Gasteiger partial charge on any atom is 0.277 e. The maximum absolute atomic E-state index is 13.2. The Bertz CT molecular complexity index is 1080. The average Bonchev–Trinajstić information content (AvgIpc) is 2.86. The molecule has 1 amide bonds. The highest BCUT2D eigenvalue weighted by Crippen LogP contribution is 2.46. The Kier molecular flexibility index (Phi) is 6.23. The zero-order valence-corrected chi connectivity index (χ0v) is 18.4. The van der Waals surface area contributed by atoms with Crippen LogP contribution < -0.4 is 9.47 Å². The molecule has 1 heterocycles. The first-order chi connectivity index (χ1) is 15.5. The molecule has 2 atom stereocenters. The number of hydrogen-bond acceptors (Lipinski definition) is 5. The molecule has 0 aromatic heterocycles. The molecular formula is C26H26N2O4. The van der Waals surface area contributed by atoms with E-state index >= 15 is 0 Å². The van der Waals surface area contributed by atoms with E-state index in [9.17, 15) is 4.79 Å². The molecule has 3 aromatic rings. The Hall–Kier alpha value is -3.64. The van der Waals surface area contributed by atoms with Gasteiger partial charge in [0.15, 0.2) is 5.60 Å². The normalized spacial score (nSPS) is 20.3. The second-order valence-electron chi connectivity index (χ2n) is 7.72. The van der Waals surface area contributed by atoms with Crippen molar-refractivity contribution in [1.29, 1.82) is 0 Å². The van der Waals surface area contributed by atoms with Gasteiger partial charge in [-0.15, -0.1) is 0 Å². The van der Waals surface area contributed by atoms with Crippen LogP contribution in [0.3, 0.4) is 0 Å². The quantitative estimate of drug-likeness (QED) is 0.387. The predicted molar refractivity (Wildman–Crippen MR) is 123 cm³/mol. The van der Waals surface area contributed by atoms with Gasteiger partial charge >= 0.3 is 0 Å². The highest BCUT2D eigenvalue weighted by Gasteiger charge is 2.60. The Balaban J connectivity index is 1.59. The lowest BCUT2D eigenvalue weighted by molar-refractivity contribution is -0.204. The van der Waals surface area contributed by atoms with Gasteiger partial charge in [-0.25, -0.2) is 5.01 Å². The third-order valence-electron chi connectivity index (χ3n) is 5.66. The van der Waals surface area contributed by atoms with Crippen molar-refractivity contribution in [2.75, 3.05) is 14.2 Å². The second kappa shape index (κ2) is 9.24. The summed E-state index contributed by atoms with van der Waals surface area (Å²) < 4.78 is 16.7. The Labute approximate surface area is 188 Å². The number of nitrogens with zero attached hydrogens (tertiary/aromatic N) is 2. The highest BCUT2D eigenvalue weighted by atomic mass is 16.5. The molecule has 4 rings (SSSR count). The number of hydrazone groups is 1. The molecule has 0 N–H and O–H groups in total. The molecule has 1 aliphatic heterocycles. The smallest absolute Gasteiger partial charge is 0.277 e. The van der Waals surface area contributed by atoms with E-state index in [-0.39, 0.29) is 11.9 Å². The Morgan fingerprint density at radius 3 is 2.09 bits per heavy atom. The van der Waals surface area contributed by atoms with Crippen molar-refractivity contribution in [2.24, 2.45) is 5.10 Å². The fraction of sp³-hybridized carbons (Fsp3) is 0.231. The van der Waals surface area contributed by atoms with Crippen LogP contribution in [0.15, 0.2) is 84.0 Å². The largest absolute Gasteiger partial charge is 0.497 e. The Morgan fingerprint density at radius 1 is 0.906 bits per heavy atom. The lowest BCUT2D eigenvalue weighted by Gasteiger charge is -2.51. The number of methoxy groups -OCH3 is 2. The number of carbonyl (C=O) groups excluding carboxylic acids is 1. The van der Waals surface area contributed by atoms with E-state index in [0.717, 1.165) is 28.2 Å². The van der Waals surface area contributed by atoms with E-state index < -0.39 is 5.60 Å². The van der Waals surface area contributed by atoms with Crippen LogP contribution in [0.5, 0.6) is 11.5 Å². The zero-order chi connectivity index (χ0) is 22.6. The van der Waals surface area contributed by atoms with Crippen molar-refractivity contribution in [3.63, 3.8) is 0 Å². The van der Waals surface area contributed by atoms with Crippen LogP contribution in [0.4, 0.5) is 0 Å². The summed E-state index contributed by atoms with van der Waals surface area (Å²) >= 11 is 0. The number of amides is 1. The monoisotopic (exact) mass is 430 g/mol. The standard InChI is InChI=1S/C26H26N2O4/c1-26(32-18-20-7-5-4-6-8-20)24(21-11-15-23(31-3)16-12-21)28(25(26)29)27-17-19-9-13-22(30-2)14-10-19/h4-17,24H,18H2,1-3H3/b27-17+/t24-,26-/m0/s1. The van der Waals surface area contributed by atoms with Crippen LogP contribution in [0, 0.1) is 0 Å². The second-order valence-corrected chi connectivity index (χ2v) is 7.72. The summed E-state index contributed by atoms with van der Waals surface area (Å²) in [6, 6.07) is 24.6. The van der Waals surface area contributed by atoms with Crippen LogP contribution in [0.2, 0.25) is 0 Å². The molecule has 1 aliphatic rings. The fourth-order valence-corrected chi connectivity index (χ4v) is 3.76. The first kappa shape index (κ1) is 21.6. The zero-order valence-electron chi connectivity index (χ0n) is 18.4. The summed E-state index contributed by atoms with van der Waals surface area (Å²) in [6.07, 6.45) is 1.67. The van der Waals surface area contributed by atoms with Gasteiger partial charge in [0.05, 0.1) is 27.0 Å². The number of rotatable bonds is 8. The van der Waals surface area contributed by atoms with Gasteiger partial charge in [-0.2, -0.15) is 5.10 Å². The van der Waals surface area contributed by atoms with Crippen molar-refractivity contribution in [3.05, 3.63) is 95.6 Å². The van der Waals surface area contributed by atoms with Crippen molar-refractivity contribution in [3.8, 4) is 11.5 Å². The van der Waals surface area contributed by atoms with Crippen LogP contribution in [0.25, 0.3) is 0 Å². The molecular weight excluding hydrogens is 404 g/mol. The summed E-state index contributed by atoms with van der Waals surface area (Å²) in [5.41, 5.74) is 1.77. The van der Waals surface area contributed by atoms with E-state index in [1.807, 2.05) is 85.8 Å². The molecule has 1 fully saturated rings. The van der Waals surface area contributed by atoms with E-state index in [1.54, 1.807) is 20.4 Å². The number of ether oxygens (including phenoxy) is 3. The first-order valence-corrected chi connectivity index (χ1v) is 10.4. The van der Waals surface area contributed by atoms with E-state index in [1.165, 1.54) is 5.01 Å². The van der Waals surface area contributed by atoms with Crippen molar-refractivity contribution < 1.29 is 19.0 Å². The molecule has 6 nitrogen and oxygen atoms in total. The molecule has 1 saturated heterocycles. The third kappa shape index (κ3) is 4.22. The third-order valence-corrected chi connectivity index (χ3v) is 5.66. The molecule has 164 valence electrons. The minimum absolute atomic E-state index is 0.181. The van der Waals surface area contributed by atoms with Crippen LogP contribution in [-0.4, -0.2) is 37.0 Å². The van der Waals surface area contributed by atoms with Crippen molar-refractivity contribution >= 4 is 12.1 Å². The molecule has 6 heteroatoms. The summed E-state index contributed by atoms with van der Waals surface area (Å²) in [4.78, 5) is 13.2. The maximum atomic E-state index is 13.2. The molecule has 0 saturated carbocycles. The van der Waals surface area contributed by atoms with Gasteiger partial charge in [0.25, 0.3) is 5.91 Å². The van der Waals surface area contributed by atoms with Crippen LogP contribution in [0.1, 0.15) is 29.7 Å². The van der Waals surface area contributed by atoms with Gasteiger partial charge in [0, 0.05) is 0 Å². The fourth-order valence-electron chi connectivity index (χ4n) is 3.76. The summed E-state index contributed by atoms with van der Waals surface area (Å²) in [7, 11) is 3.25. The minimum atomic E-state index is -1.03. The van der Waals surface area contributed by atoms with Gasteiger partial charge in [0.1, 0.15) is 17.5 Å². The van der Waals surface area contributed by atoms with Crippen LogP contribution >= 0.6 is 0 Å². The van der Waals surface area contributed by atoms with Gasteiger partial charge in [-0.3, -0.25) is 4.79 Å². The van der Waals surface area contributed by atoms with Gasteiger partial charge in [0.2, 0.25) is 0 Å². The summed E-state index contributed by atoms with van der Waals surface area (Å²) in [6.45, 7) is 2.17. The Morgan fingerprint density at radius 2 is 1.50 bits per heavy atom. The molecule has 32 heavy (non-hydrogen) atoms. The topological polar surface area (TPSA) is 60.4 Å². The highest BCUT2D eigenvalue weighted by molar-refractivity contribution is 5.94. The van der Waals surface area contributed by atoms with Crippen LogP contribution in [-0.2, 0) is 16.1 Å². The lowest BCUT2D eigenvalue weighted by Crippen LogP contribution is -2.66. The predicted octanol–water partition coefficient (Wildman–Crippen LogP) is 4.60. The van der Waals surface area contributed by atoms with E-state index in [2.05, 4.69) is 5.10 Å². The summed E-state index contributed by atoms with van der Waals surface area (Å²) in [5.74, 6) is 1.33. The molecule has 0 spiro atoms. The number of hydrogen-bond donors (Lipinski definition) is 0. The van der Waals surface area contributed by atoms with Gasteiger partial charge in [-0.05, 0) is 60.0 Å². The average molecular weight is 431 g/mol. The lowest BCUT2D eigenvalue weighted by atomic mass is 9.80. The molecule has 0 radical (unpaired) electrons. The minimum Gasteiger partial charge on any atom is -0.497 e. The summed E-state index contributed by atoms with van der Waals surface area (Å²) in [5, 5.41) is 5.98. The SMILES string of the molecule is COc1ccc(/C=N/N2C(=O)[C@@](C)(OCc3ccccc3)[C@@H]2c2ccc(OC)cc2)cc1. The van der Waals surface area contributed by atoms with Crippen molar-refractivity contribution in [1.82, 2.24) is 5.01 Å². The molecule has 0 aliphatic carbocycles. The number of benzene rings is 3. The first-order valence-electron chi connectivity index (χ1n) is 10.4. The molecule has 0 unspecified atom stereocenters. The molecule has 0 bridgehead atoms. The van der Waals surface area contributed by atoms with Crippen molar-refractivity contribution in [2.45, 2.75) is 25.2 Å². The number of carbonyl (C=O) groups is 1. The van der Waals surface area contributed by atoms with E-state index in [4.69, 9.17) is 14.2 Å². The van der Waals surface area contributed by atoms with Gasteiger partial charge < -0.3 is 14.2 Å². The van der Waals surface area contributed by atoms with Gasteiger partial charge in [-0.1, -0.05) is 42.5 Å². The number of β-lactam (4-membered cyclic amide) rings is 1. The molecule has 3 aromatic carbocycles.